The van der Waals surface area contributed by atoms with E-state index >= 15 is 0 Å². The van der Waals surface area contributed by atoms with Gasteiger partial charge in [0.1, 0.15) is 5.82 Å². The summed E-state index contributed by atoms with van der Waals surface area (Å²) in [4.78, 5) is 11.6. The molecule has 0 aromatic heterocycles. The molecular weight excluding hydrogens is 195 g/mol. The van der Waals surface area contributed by atoms with Crippen LogP contribution in [0.2, 0.25) is 0 Å². The van der Waals surface area contributed by atoms with Crippen LogP contribution in [0.4, 0.5) is 4.39 Å². The summed E-state index contributed by atoms with van der Waals surface area (Å²) in [5.41, 5.74) is 3.01. The highest BCUT2D eigenvalue weighted by Crippen LogP contribution is 2.18. The second-order valence-corrected chi connectivity index (χ2v) is 3.61. The van der Waals surface area contributed by atoms with Gasteiger partial charge >= 0.3 is 0 Å². The third-order valence-corrected chi connectivity index (χ3v) is 2.10. The number of nitrogens with one attached hydrogen (secondary N) is 1. The van der Waals surface area contributed by atoms with Crippen molar-refractivity contribution in [3.63, 3.8) is 0 Å². The van der Waals surface area contributed by atoms with E-state index in [2.05, 4.69) is 5.43 Å². The molecule has 1 amide bonds. The second kappa shape index (κ2) is 4.89. The molecule has 0 aliphatic carbocycles. The zero-order valence-corrected chi connectivity index (χ0v) is 9.12. The number of nitrogens with zero attached hydrogens (tertiary/aromatic N) is 1. The van der Waals surface area contributed by atoms with Crippen LogP contribution < -0.4 is 5.43 Å². The Morgan fingerprint density at radius 2 is 2.00 bits per heavy atom. The molecule has 1 atom stereocenters. The van der Waals surface area contributed by atoms with E-state index in [1.807, 2.05) is 0 Å². The maximum atomic E-state index is 13.3. The minimum Gasteiger partial charge on any atom is -0.289 e. The molecule has 1 rings (SSSR count). The summed E-state index contributed by atoms with van der Waals surface area (Å²) in [5, 5.41) is 1.54. The SMILES string of the molecule is CC(C(=O)NN(C)C)c1ccccc1F. The normalized spacial score (nSPS) is 12.6. The number of hydrazine groups is 1. The van der Waals surface area contributed by atoms with Crippen molar-refractivity contribution in [1.29, 1.82) is 0 Å². The maximum Gasteiger partial charge on any atom is 0.241 e. The van der Waals surface area contributed by atoms with Crippen LogP contribution >= 0.6 is 0 Å². The van der Waals surface area contributed by atoms with E-state index in [4.69, 9.17) is 0 Å². The fourth-order valence-corrected chi connectivity index (χ4v) is 1.28. The predicted molar refractivity (Wildman–Crippen MR) is 56.6 cm³/mol. The number of hydrogen-bond donors (Lipinski definition) is 1. The molecule has 0 saturated heterocycles. The van der Waals surface area contributed by atoms with Crippen LogP contribution in [-0.4, -0.2) is 25.0 Å². The molecule has 0 fully saturated rings. The van der Waals surface area contributed by atoms with E-state index in [9.17, 15) is 9.18 Å². The molecule has 0 spiro atoms. The van der Waals surface area contributed by atoms with Gasteiger partial charge in [-0.1, -0.05) is 18.2 Å². The van der Waals surface area contributed by atoms with Gasteiger partial charge in [0.2, 0.25) is 5.91 Å². The number of carbonyl (C=O) groups excluding carboxylic acids is 1. The number of carbonyl (C=O) groups is 1. The topological polar surface area (TPSA) is 32.3 Å². The van der Waals surface area contributed by atoms with E-state index in [1.54, 1.807) is 44.2 Å². The van der Waals surface area contributed by atoms with Gasteiger partial charge in [-0.3, -0.25) is 10.2 Å². The van der Waals surface area contributed by atoms with E-state index in [-0.39, 0.29) is 11.7 Å². The monoisotopic (exact) mass is 210 g/mol. The average Bonchev–Trinajstić information content (AvgIpc) is 2.16. The van der Waals surface area contributed by atoms with Crippen molar-refractivity contribution in [3.8, 4) is 0 Å². The molecule has 82 valence electrons. The number of amides is 1. The average molecular weight is 210 g/mol. The van der Waals surface area contributed by atoms with Gasteiger partial charge in [0.05, 0.1) is 5.92 Å². The Morgan fingerprint density at radius 3 is 2.53 bits per heavy atom. The highest BCUT2D eigenvalue weighted by Gasteiger charge is 2.18. The van der Waals surface area contributed by atoms with E-state index < -0.39 is 5.92 Å². The molecule has 0 aliphatic rings. The van der Waals surface area contributed by atoms with Gasteiger partial charge in [-0.25, -0.2) is 9.40 Å². The van der Waals surface area contributed by atoms with Gasteiger partial charge in [-0.15, -0.1) is 0 Å². The standard InChI is InChI=1S/C11H15FN2O/c1-8(11(15)13-14(2)3)9-6-4-5-7-10(9)12/h4-8H,1-3H3,(H,13,15). The largest absolute Gasteiger partial charge is 0.289 e. The molecule has 15 heavy (non-hydrogen) atoms. The molecule has 0 heterocycles. The van der Waals surface area contributed by atoms with Gasteiger partial charge in [-0.05, 0) is 13.0 Å². The van der Waals surface area contributed by atoms with Crippen molar-refractivity contribution in [2.45, 2.75) is 12.8 Å². The summed E-state index contributed by atoms with van der Waals surface area (Å²) < 4.78 is 13.3. The first-order chi connectivity index (χ1) is 7.02. The van der Waals surface area contributed by atoms with Crippen LogP contribution in [0.5, 0.6) is 0 Å². The van der Waals surface area contributed by atoms with Crippen LogP contribution in [0, 0.1) is 5.82 Å². The van der Waals surface area contributed by atoms with Crippen LogP contribution in [0.25, 0.3) is 0 Å². The van der Waals surface area contributed by atoms with E-state index in [1.165, 1.54) is 6.07 Å². The molecule has 1 unspecified atom stereocenters. The number of rotatable bonds is 3. The van der Waals surface area contributed by atoms with Crippen LogP contribution in [0.15, 0.2) is 24.3 Å². The molecule has 3 nitrogen and oxygen atoms in total. The maximum absolute atomic E-state index is 13.3. The smallest absolute Gasteiger partial charge is 0.241 e. The summed E-state index contributed by atoms with van der Waals surface area (Å²) in [6, 6.07) is 6.30. The van der Waals surface area contributed by atoms with E-state index in [0.29, 0.717) is 5.56 Å². The number of hydrogen-bond acceptors (Lipinski definition) is 2. The Hall–Kier alpha value is -1.42. The summed E-state index contributed by atoms with van der Waals surface area (Å²) in [6.07, 6.45) is 0. The van der Waals surface area contributed by atoms with Gasteiger partial charge in [-0.2, -0.15) is 0 Å². The van der Waals surface area contributed by atoms with Crippen molar-refractivity contribution in [2.75, 3.05) is 14.1 Å². The molecule has 0 saturated carbocycles. The molecule has 1 aromatic carbocycles. The molecule has 4 heteroatoms. The highest BCUT2D eigenvalue weighted by atomic mass is 19.1. The number of benzene rings is 1. The summed E-state index contributed by atoms with van der Waals surface area (Å²) in [6.45, 7) is 1.68. The third-order valence-electron chi connectivity index (χ3n) is 2.10. The van der Waals surface area contributed by atoms with Crippen LogP contribution in [0.3, 0.4) is 0 Å². The predicted octanol–water partition coefficient (Wildman–Crippen LogP) is 1.52. The fourth-order valence-electron chi connectivity index (χ4n) is 1.28. The van der Waals surface area contributed by atoms with Crippen molar-refractivity contribution in [2.24, 2.45) is 0 Å². The Balaban J connectivity index is 2.81. The Bertz CT molecular complexity index is 352. The van der Waals surface area contributed by atoms with Crippen molar-refractivity contribution < 1.29 is 9.18 Å². The fraction of sp³-hybridized carbons (Fsp3) is 0.364. The Morgan fingerprint density at radius 1 is 1.40 bits per heavy atom. The van der Waals surface area contributed by atoms with Gasteiger partial charge in [0, 0.05) is 19.7 Å². The molecule has 1 N–H and O–H groups in total. The third kappa shape index (κ3) is 3.02. The minimum absolute atomic E-state index is 0.217. The molecular formula is C11H15FN2O. The van der Waals surface area contributed by atoms with Crippen LogP contribution in [-0.2, 0) is 4.79 Å². The summed E-state index contributed by atoms with van der Waals surface area (Å²) >= 11 is 0. The van der Waals surface area contributed by atoms with Gasteiger partial charge in [0.25, 0.3) is 0 Å². The minimum atomic E-state index is -0.492. The zero-order chi connectivity index (χ0) is 11.4. The van der Waals surface area contributed by atoms with Gasteiger partial charge < -0.3 is 0 Å². The first-order valence-corrected chi connectivity index (χ1v) is 4.74. The second-order valence-electron chi connectivity index (χ2n) is 3.61. The lowest BCUT2D eigenvalue weighted by Gasteiger charge is -2.17. The zero-order valence-electron chi connectivity index (χ0n) is 9.12. The molecule has 0 bridgehead atoms. The Labute approximate surface area is 88.9 Å². The van der Waals surface area contributed by atoms with Crippen LogP contribution in [0.1, 0.15) is 18.4 Å². The summed E-state index contributed by atoms with van der Waals surface area (Å²) in [7, 11) is 3.43. The quantitative estimate of drug-likeness (QED) is 0.767. The first-order valence-electron chi connectivity index (χ1n) is 4.74. The highest BCUT2D eigenvalue weighted by molar-refractivity contribution is 5.82. The lowest BCUT2D eigenvalue weighted by molar-refractivity contribution is -0.126. The molecule has 0 aliphatic heterocycles. The van der Waals surface area contributed by atoms with Crippen molar-refractivity contribution in [1.82, 2.24) is 10.4 Å². The van der Waals surface area contributed by atoms with Gasteiger partial charge in [0.15, 0.2) is 0 Å². The lowest BCUT2D eigenvalue weighted by atomic mass is 10.0. The number of halogens is 1. The first kappa shape index (κ1) is 11.7. The lowest BCUT2D eigenvalue weighted by Crippen LogP contribution is -2.38. The molecule has 1 aromatic rings. The van der Waals surface area contributed by atoms with E-state index in [0.717, 1.165) is 0 Å². The van der Waals surface area contributed by atoms with Crippen molar-refractivity contribution >= 4 is 5.91 Å². The summed E-state index contributed by atoms with van der Waals surface area (Å²) in [5.74, 6) is -1.06. The molecule has 0 radical (unpaired) electrons. The van der Waals surface area contributed by atoms with Crippen molar-refractivity contribution in [3.05, 3.63) is 35.6 Å². The Kier molecular flexibility index (Phi) is 3.80.